The average Bonchev–Trinajstić information content (AvgIpc) is 2.63. The van der Waals surface area contributed by atoms with Crippen LogP contribution in [0.25, 0.3) is 0 Å². The number of hydrogen-bond donors (Lipinski definition) is 4. The summed E-state index contributed by atoms with van der Waals surface area (Å²) >= 11 is 0. The first-order valence-electron chi connectivity index (χ1n) is 8.40. The molecule has 156 valence electrons. The molecular weight excluding hydrogens is 400 g/mol. The molecule has 0 spiro atoms. The Morgan fingerprint density at radius 1 is 1.17 bits per heavy atom. The maximum atomic E-state index is 12.8. The van der Waals surface area contributed by atoms with Gasteiger partial charge >= 0.3 is 0 Å². The van der Waals surface area contributed by atoms with Crippen LogP contribution in [0.4, 0.5) is 5.69 Å². The van der Waals surface area contributed by atoms with E-state index < -0.39 is 33.6 Å². The second-order valence-electron chi connectivity index (χ2n) is 6.15. The summed E-state index contributed by atoms with van der Waals surface area (Å²) in [5, 5.41) is 3.35. The van der Waals surface area contributed by atoms with Gasteiger partial charge in [-0.25, -0.2) is 8.42 Å². The predicted octanol–water partition coefficient (Wildman–Crippen LogP) is -0.590. The Kier molecular flexibility index (Phi) is 6.83. The zero-order valence-electron chi connectivity index (χ0n) is 15.6. The molecule has 29 heavy (non-hydrogen) atoms. The maximum Gasteiger partial charge on any atom is 0.275 e. The van der Waals surface area contributed by atoms with Gasteiger partial charge in [-0.1, -0.05) is 30.3 Å². The van der Waals surface area contributed by atoms with Gasteiger partial charge in [0.2, 0.25) is 21.9 Å². The minimum Gasteiger partial charge on any atom is -0.387 e. The van der Waals surface area contributed by atoms with E-state index in [1.54, 1.807) is 30.3 Å². The van der Waals surface area contributed by atoms with Crippen LogP contribution in [0.1, 0.15) is 18.5 Å². The Hall–Kier alpha value is -3.54. The number of guanidine groups is 1. The second-order valence-corrected chi connectivity index (χ2v) is 7.88. The Morgan fingerprint density at radius 2 is 1.83 bits per heavy atom. The molecule has 1 aromatic heterocycles. The number of nitrogens with zero attached hydrogens (tertiary/aromatic N) is 2. The lowest BCUT2D eigenvalue weighted by Gasteiger charge is -2.22. The fraction of sp³-hybridized carbons (Fsp3) is 0.235. The number of aromatic nitrogens is 1. The third-order valence-electron chi connectivity index (χ3n) is 3.80. The summed E-state index contributed by atoms with van der Waals surface area (Å²) in [6, 6.07) is 9.85. The van der Waals surface area contributed by atoms with Crippen LogP contribution in [0.15, 0.2) is 58.6 Å². The fourth-order valence-electron chi connectivity index (χ4n) is 2.60. The molecule has 2 unspecified atom stereocenters. The van der Waals surface area contributed by atoms with E-state index in [0.717, 1.165) is 4.57 Å². The minimum absolute atomic E-state index is 0.247. The summed E-state index contributed by atoms with van der Waals surface area (Å²) < 4.78 is 28.0. The average molecular weight is 422 g/mol. The molecule has 0 fully saturated rings. The van der Waals surface area contributed by atoms with Crippen molar-refractivity contribution in [1.82, 2.24) is 4.57 Å². The number of hydrogen-bond acceptors (Lipinski definition) is 6. The van der Waals surface area contributed by atoms with Crippen molar-refractivity contribution in [3.05, 3.63) is 64.6 Å². The first-order chi connectivity index (χ1) is 13.6. The molecule has 0 saturated heterocycles. The minimum atomic E-state index is -3.88. The lowest BCUT2D eigenvalue weighted by Crippen LogP contribution is -2.41. The molecule has 7 N–H and O–H groups in total. The summed E-state index contributed by atoms with van der Waals surface area (Å²) in [7, 11) is -3.88. The van der Waals surface area contributed by atoms with E-state index in [1.165, 1.54) is 25.3 Å². The van der Waals surface area contributed by atoms with Crippen LogP contribution in [0.5, 0.6) is 0 Å². The molecular formula is C17H22N6O5S. The standard InChI is InChI=1S/C17H22N6O5S/c1-11(28-21-17(19)20)14(15(18)24)23-9-5-8-13(16(23)25)22-29(26,27)10-12-6-3-2-4-7-12/h2-9,11,14,22H,10H2,1H3,(H2,18,24)(H4,19,20,21). The molecule has 0 bridgehead atoms. The zero-order chi connectivity index (χ0) is 21.6. The summed E-state index contributed by atoms with van der Waals surface area (Å²) in [6.07, 6.45) is 0.269. The van der Waals surface area contributed by atoms with E-state index in [4.69, 9.17) is 22.0 Å². The summed E-state index contributed by atoms with van der Waals surface area (Å²) in [6.45, 7) is 1.43. The van der Waals surface area contributed by atoms with E-state index in [-0.39, 0.29) is 17.4 Å². The number of amides is 1. The molecule has 2 rings (SSSR count). The van der Waals surface area contributed by atoms with E-state index in [2.05, 4.69) is 9.88 Å². The Labute approximate surface area is 167 Å². The van der Waals surface area contributed by atoms with Gasteiger partial charge in [-0.15, -0.1) is 0 Å². The van der Waals surface area contributed by atoms with Crippen LogP contribution in [0.3, 0.4) is 0 Å². The monoisotopic (exact) mass is 422 g/mol. The van der Waals surface area contributed by atoms with Crippen molar-refractivity contribution in [2.24, 2.45) is 22.4 Å². The van der Waals surface area contributed by atoms with E-state index in [9.17, 15) is 18.0 Å². The van der Waals surface area contributed by atoms with Crippen molar-refractivity contribution in [1.29, 1.82) is 0 Å². The summed E-state index contributed by atoms with van der Waals surface area (Å²) in [5.41, 5.74) is 15.3. The smallest absolute Gasteiger partial charge is 0.275 e. The summed E-state index contributed by atoms with van der Waals surface area (Å²) in [4.78, 5) is 29.7. The second kappa shape index (κ2) is 9.10. The molecule has 2 aromatic rings. The number of nitrogens with two attached hydrogens (primary N) is 3. The molecule has 1 amide bonds. The van der Waals surface area contributed by atoms with Crippen molar-refractivity contribution >= 4 is 27.6 Å². The number of benzene rings is 1. The van der Waals surface area contributed by atoms with Crippen LogP contribution in [-0.4, -0.2) is 31.0 Å². The van der Waals surface area contributed by atoms with Crippen molar-refractivity contribution in [2.45, 2.75) is 24.8 Å². The number of carbonyl (C=O) groups excluding carboxylic acids is 1. The zero-order valence-corrected chi connectivity index (χ0v) is 16.4. The van der Waals surface area contributed by atoms with Gasteiger partial charge < -0.3 is 22.0 Å². The third kappa shape index (κ3) is 5.97. The molecule has 1 heterocycles. The van der Waals surface area contributed by atoms with Crippen molar-refractivity contribution in [3.8, 4) is 0 Å². The number of oxime groups is 1. The first-order valence-corrected chi connectivity index (χ1v) is 10.1. The maximum absolute atomic E-state index is 12.8. The fourth-order valence-corrected chi connectivity index (χ4v) is 3.79. The highest BCUT2D eigenvalue weighted by Crippen LogP contribution is 2.15. The lowest BCUT2D eigenvalue weighted by molar-refractivity contribution is -0.125. The van der Waals surface area contributed by atoms with E-state index in [1.807, 2.05) is 0 Å². The van der Waals surface area contributed by atoms with Crippen LogP contribution in [-0.2, 0) is 25.4 Å². The Morgan fingerprint density at radius 3 is 2.41 bits per heavy atom. The van der Waals surface area contributed by atoms with Gasteiger partial charge in [-0.3, -0.25) is 18.9 Å². The van der Waals surface area contributed by atoms with Crippen LogP contribution in [0.2, 0.25) is 0 Å². The number of nitrogens with one attached hydrogen (secondary N) is 1. The predicted molar refractivity (Wildman–Crippen MR) is 108 cm³/mol. The number of carbonyl (C=O) groups is 1. The molecule has 0 saturated carbocycles. The van der Waals surface area contributed by atoms with Gasteiger partial charge in [0, 0.05) is 6.20 Å². The molecule has 12 heteroatoms. The van der Waals surface area contributed by atoms with Crippen LogP contribution >= 0.6 is 0 Å². The normalized spacial score (nSPS) is 13.1. The highest BCUT2D eigenvalue weighted by molar-refractivity contribution is 7.91. The molecule has 1 aromatic carbocycles. The first kappa shape index (κ1) is 21.8. The summed E-state index contributed by atoms with van der Waals surface area (Å²) in [5.74, 6) is -1.60. The molecule has 0 aliphatic heterocycles. The number of pyridine rings is 1. The molecule has 0 radical (unpaired) electrons. The van der Waals surface area contributed by atoms with E-state index in [0.29, 0.717) is 5.56 Å². The molecule has 0 aliphatic rings. The van der Waals surface area contributed by atoms with Gasteiger partial charge in [0.25, 0.3) is 5.56 Å². The van der Waals surface area contributed by atoms with Crippen molar-refractivity contribution < 1.29 is 18.0 Å². The number of sulfonamides is 1. The van der Waals surface area contributed by atoms with Crippen LogP contribution < -0.4 is 27.5 Å². The Bertz CT molecular complexity index is 1050. The van der Waals surface area contributed by atoms with Gasteiger partial charge in [0.05, 0.1) is 5.75 Å². The number of primary amides is 1. The topological polar surface area (TPSA) is 185 Å². The quantitative estimate of drug-likeness (QED) is 0.236. The number of rotatable bonds is 9. The van der Waals surface area contributed by atoms with Crippen LogP contribution in [0, 0.1) is 0 Å². The van der Waals surface area contributed by atoms with Gasteiger partial charge in [0.1, 0.15) is 5.69 Å². The largest absolute Gasteiger partial charge is 0.387 e. The Balaban J connectivity index is 2.33. The number of anilines is 1. The third-order valence-corrected chi connectivity index (χ3v) is 5.04. The van der Waals surface area contributed by atoms with Crippen molar-refractivity contribution in [3.63, 3.8) is 0 Å². The van der Waals surface area contributed by atoms with Gasteiger partial charge in [-0.2, -0.15) is 0 Å². The SMILES string of the molecule is CC(ON=C(N)N)C(C(N)=O)n1cccc(NS(=O)(=O)Cc2ccccc2)c1=O. The lowest BCUT2D eigenvalue weighted by atomic mass is 10.1. The van der Waals surface area contributed by atoms with Crippen molar-refractivity contribution in [2.75, 3.05) is 4.72 Å². The van der Waals surface area contributed by atoms with Gasteiger partial charge in [0.15, 0.2) is 12.1 Å². The molecule has 0 aliphatic carbocycles. The highest BCUT2D eigenvalue weighted by atomic mass is 32.2. The highest BCUT2D eigenvalue weighted by Gasteiger charge is 2.28. The van der Waals surface area contributed by atoms with Gasteiger partial charge in [-0.05, 0) is 29.8 Å². The molecule has 2 atom stereocenters. The molecule has 11 nitrogen and oxygen atoms in total. The van der Waals surface area contributed by atoms with E-state index >= 15 is 0 Å².